The Balaban J connectivity index is 2.07. The number of aliphatic hydroxyl groups excluding tert-OH is 8. The van der Waals surface area contributed by atoms with Gasteiger partial charge in [-0.1, -0.05) is 0 Å². The summed E-state index contributed by atoms with van der Waals surface area (Å²) in [6.07, 6.45) is -15.6. The van der Waals surface area contributed by atoms with Crippen LogP contribution in [0.15, 0.2) is 0 Å². The highest BCUT2D eigenvalue weighted by atomic mass is 16.8. The summed E-state index contributed by atoms with van der Waals surface area (Å²) in [6.45, 7) is -1.33. The first-order valence-corrected chi connectivity index (χ1v) is 7.08. The van der Waals surface area contributed by atoms with Crippen molar-refractivity contribution in [2.75, 3.05) is 13.2 Å². The van der Waals surface area contributed by atoms with E-state index in [0.29, 0.717) is 0 Å². The van der Waals surface area contributed by atoms with E-state index in [4.69, 9.17) is 24.4 Å². The number of hydrogen-bond acceptors (Lipinski definition) is 11. The Hall–Kier alpha value is -0.440. The predicted octanol–water partition coefficient (Wildman–Crippen LogP) is -5.40. The van der Waals surface area contributed by atoms with Crippen LogP contribution in [0.25, 0.3) is 0 Å². The van der Waals surface area contributed by atoms with E-state index in [1.54, 1.807) is 0 Å². The summed E-state index contributed by atoms with van der Waals surface area (Å²) < 4.78 is 15.3. The van der Waals surface area contributed by atoms with Crippen molar-refractivity contribution in [1.29, 1.82) is 0 Å². The van der Waals surface area contributed by atoms with Crippen molar-refractivity contribution < 1.29 is 55.1 Å². The van der Waals surface area contributed by atoms with Gasteiger partial charge in [0.1, 0.15) is 48.8 Å². The summed E-state index contributed by atoms with van der Waals surface area (Å²) in [7, 11) is 0. The molecule has 2 heterocycles. The van der Waals surface area contributed by atoms with E-state index in [9.17, 15) is 30.6 Å². The molecule has 0 spiro atoms. The smallest absolute Gasteiger partial charge is 0.189 e. The summed E-state index contributed by atoms with van der Waals surface area (Å²) >= 11 is 0. The van der Waals surface area contributed by atoms with Gasteiger partial charge in [0.15, 0.2) is 12.6 Å². The van der Waals surface area contributed by atoms with Gasteiger partial charge in [-0.15, -0.1) is 0 Å². The number of aliphatic hydroxyl groups is 8. The third-order valence-corrected chi connectivity index (χ3v) is 3.97. The number of ether oxygens (including phenoxy) is 3. The maximum Gasteiger partial charge on any atom is 0.189 e. The SMILES string of the molecule is OCC1O[C@H](O[C@@H]2OC(CO)[C@@H](O)[C@@H](O)C2O)C(O)C(O)[C@@H]1O. The zero-order valence-corrected chi connectivity index (χ0v) is 12.0. The van der Waals surface area contributed by atoms with Crippen LogP contribution in [0.1, 0.15) is 0 Å². The summed E-state index contributed by atoms with van der Waals surface area (Å²) in [4.78, 5) is 0. The summed E-state index contributed by atoms with van der Waals surface area (Å²) in [6, 6.07) is 0. The fraction of sp³-hybridized carbons (Fsp3) is 1.00. The Kier molecular flexibility index (Phi) is 6.27. The third kappa shape index (κ3) is 3.65. The molecule has 0 radical (unpaired) electrons. The quantitative estimate of drug-likeness (QED) is 0.243. The van der Waals surface area contributed by atoms with Crippen molar-refractivity contribution in [2.45, 2.75) is 61.4 Å². The average Bonchev–Trinajstić information content (AvgIpc) is 2.55. The maximum absolute atomic E-state index is 9.84. The van der Waals surface area contributed by atoms with Gasteiger partial charge in [0.2, 0.25) is 0 Å². The second-order valence-corrected chi connectivity index (χ2v) is 5.53. The highest BCUT2D eigenvalue weighted by Gasteiger charge is 2.49. The zero-order chi connectivity index (χ0) is 17.3. The predicted molar refractivity (Wildman–Crippen MR) is 68.6 cm³/mol. The summed E-state index contributed by atoms with van der Waals surface area (Å²) in [5, 5.41) is 76.4. The molecular formula is C12H22O11. The van der Waals surface area contributed by atoms with E-state index in [1.807, 2.05) is 0 Å². The molecule has 8 N–H and O–H groups in total. The van der Waals surface area contributed by atoms with Crippen molar-refractivity contribution in [3.63, 3.8) is 0 Å². The lowest BCUT2D eigenvalue weighted by molar-refractivity contribution is -0.376. The molecule has 0 aromatic carbocycles. The van der Waals surface area contributed by atoms with E-state index >= 15 is 0 Å². The highest BCUT2D eigenvalue weighted by molar-refractivity contribution is 4.92. The van der Waals surface area contributed by atoms with Crippen LogP contribution in [0, 0.1) is 0 Å². The van der Waals surface area contributed by atoms with Gasteiger partial charge >= 0.3 is 0 Å². The third-order valence-electron chi connectivity index (χ3n) is 3.97. The molecule has 2 rings (SSSR count). The first kappa shape index (κ1) is 18.9. The molecule has 2 aliphatic heterocycles. The van der Waals surface area contributed by atoms with Crippen LogP contribution in [0.5, 0.6) is 0 Å². The fourth-order valence-corrected chi connectivity index (χ4v) is 2.49. The minimum absolute atomic E-state index is 0.667. The molecule has 2 fully saturated rings. The molecule has 0 aromatic heterocycles. The lowest BCUT2D eigenvalue weighted by atomic mass is 9.98. The molecule has 23 heavy (non-hydrogen) atoms. The van der Waals surface area contributed by atoms with Crippen LogP contribution >= 0.6 is 0 Å². The minimum Gasteiger partial charge on any atom is -0.394 e. The maximum atomic E-state index is 9.84. The molecule has 136 valence electrons. The molecule has 2 aliphatic rings. The molecule has 10 atom stereocenters. The van der Waals surface area contributed by atoms with Crippen LogP contribution in [0.4, 0.5) is 0 Å². The highest BCUT2D eigenvalue weighted by Crippen LogP contribution is 2.27. The number of hydrogen-bond donors (Lipinski definition) is 8. The first-order valence-electron chi connectivity index (χ1n) is 7.08. The Bertz CT molecular complexity index is 344. The van der Waals surface area contributed by atoms with Crippen LogP contribution in [-0.4, -0.2) is 115 Å². The van der Waals surface area contributed by atoms with Gasteiger partial charge in [-0.3, -0.25) is 0 Å². The molecular weight excluding hydrogens is 320 g/mol. The van der Waals surface area contributed by atoms with Gasteiger partial charge in [0.25, 0.3) is 0 Å². The van der Waals surface area contributed by atoms with E-state index in [1.165, 1.54) is 0 Å². The topological polar surface area (TPSA) is 190 Å². The summed E-state index contributed by atoms with van der Waals surface area (Å²) in [5.74, 6) is 0. The van der Waals surface area contributed by atoms with Crippen LogP contribution < -0.4 is 0 Å². The molecule has 5 unspecified atom stereocenters. The lowest BCUT2D eigenvalue weighted by Gasteiger charge is -2.44. The van der Waals surface area contributed by atoms with E-state index in [0.717, 1.165) is 0 Å². The van der Waals surface area contributed by atoms with Gasteiger partial charge in [-0.05, 0) is 0 Å². The van der Waals surface area contributed by atoms with E-state index in [-0.39, 0.29) is 0 Å². The van der Waals surface area contributed by atoms with Gasteiger partial charge in [-0.25, -0.2) is 0 Å². The van der Waals surface area contributed by atoms with Gasteiger partial charge in [0.05, 0.1) is 13.2 Å². The van der Waals surface area contributed by atoms with Gasteiger partial charge < -0.3 is 55.1 Å². The Morgan fingerprint density at radius 3 is 1.22 bits per heavy atom. The number of rotatable bonds is 4. The largest absolute Gasteiger partial charge is 0.394 e. The molecule has 0 bridgehead atoms. The Labute approximate surface area is 130 Å². The monoisotopic (exact) mass is 342 g/mol. The van der Waals surface area contributed by atoms with Gasteiger partial charge in [-0.2, -0.15) is 0 Å². The zero-order valence-electron chi connectivity index (χ0n) is 12.0. The standard InChI is InChI=1S/C12H22O11/c13-1-3-5(15)7(17)9(19)11(21-3)23-12-10(20)8(18)6(16)4(2-14)22-12/h3-20H,1-2H2/t3?,4?,5-,6-,7-,8?,9?,10?,11+,12-/m1/s1. The second-order valence-electron chi connectivity index (χ2n) is 5.53. The minimum atomic E-state index is -1.72. The molecule has 0 saturated carbocycles. The van der Waals surface area contributed by atoms with Crippen LogP contribution in [-0.2, 0) is 14.2 Å². The van der Waals surface area contributed by atoms with Crippen molar-refractivity contribution in [3.8, 4) is 0 Å². The molecule has 0 amide bonds. The van der Waals surface area contributed by atoms with E-state index < -0.39 is 74.6 Å². The normalized spacial score (nSPS) is 51.7. The molecule has 11 heteroatoms. The molecule has 2 saturated heterocycles. The second kappa shape index (κ2) is 7.63. The lowest BCUT2D eigenvalue weighted by Crippen LogP contribution is -2.63. The van der Waals surface area contributed by atoms with Gasteiger partial charge in [0, 0.05) is 0 Å². The first-order chi connectivity index (χ1) is 10.8. The van der Waals surface area contributed by atoms with Crippen molar-refractivity contribution >= 4 is 0 Å². The van der Waals surface area contributed by atoms with Crippen molar-refractivity contribution in [1.82, 2.24) is 0 Å². The van der Waals surface area contributed by atoms with Crippen molar-refractivity contribution in [2.24, 2.45) is 0 Å². The summed E-state index contributed by atoms with van der Waals surface area (Å²) in [5.41, 5.74) is 0. The molecule has 11 nitrogen and oxygen atoms in total. The Morgan fingerprint density at radius 1 is 0.565 bits per heavy atom. The fourth-order valence-electron chi connectivity index (χ4n) is 2.49. The van der Waals surface area contributed by atoms with Crippen molar-refractivity contribution in [3.05, 3.63) is 0 Å². The Morgan fingerprint density at radius 2 is 0.913 bits per heavy atom. The van der Waals surface area contributed by atoms with Crippen LogP contribution in [0.3, 0.4) is 0 Å². The molecule has 0 aliphatic carbocycles. The van der Waals surface area contributed by atoms with E-state index in [2.05, 4.69) is 0 Å². The van der Waals surface area contributed by atoms with Crippen LogP contribution in [0.2, 0.25) is 0 Å². The molecule has 0 aromatic rings. The average molecular weight is 342 g/mol.